The Morgan fingerprint density at radius 1 is 1.29 bits per heavy atom. The molecule has 4 nitrogen and oxygen atoms in total. The van der Waals surface area contributed by atoms with Crippen molar-refractivity contribution in [3.05, 3.63) is 35.9 Å². The molecule has 0 bridgehead atoms. The van der Waals surface area contributed by atoms with Crippen LogP contribution in [0.3, 0.4) is 0 Å². The number of carboxylic acid groups (broad SMARTS) is 1. The fourth-order valence-corrected chi connectivity index (χ4v) is 2.99. The van der Waals surface area contributed by atoms with Crippen molar-refractivity contribution in [2.45, 2.75) is 51.3 Å². The first-order chi connectivity index (χ1) is 9.75. The zero-order chi connectivity index (χ0) is 16.0. The van der Waals surface area contributed by atoms with Crippen LogP contribution in [0.4, 0.5) is 0 Å². The summed E-state index contributed by atoms with van der Waals surface area (Å²) in [5.41, 5.74) is 0.978. The summed E-state index contributed by atoms with van der Waals surface area (Å²) < 4.78 is 14.8. The average molecular weight is 311 g/mol. The molecular formula is C16H25NO3S. The van der Waals surface area contributed by atoms with E-state index in [4.69, 9.17) is 0 Å². The maximum Gasteiger partial charge on any atom is 0.308 e. The third-order valence-electron chi connectivity index (χ3n) is 3.36. The normalized spacial score (nSPS) is 16.2. The van der Waals surface area contributed by atoms with E-state index in [9.17, 15) is 14.1 Å². The fourth-order valence-electron chi connectivity index (χ4n) is 2.03. The van der Waals surface area contributed by atoms with Crippen molar-refractivity contribution in [3.63, 3.8) is 0 Å². The van der Waals surface area contributed by atoms with Crippen LogP contribution in [-0.4, -0.2) is 26.1 Å². The lowest BCUT2D eigenvalue weighted by Crippen LogP contribution is -2.46. The number of carboxylic acids is 1. The number of benzene rings is 1. The van der Waals surface area contributed by atoms with Gasteiger partial charge in [0.05, 0.1) is 21.7 Å². The largest absolute Gasteiger partial charge is 0.481 e. The molecule has 0 saturated heterocycles. The van der Waals surface area contributed by atoms with Gasteiger partial charge in [-0.05, 0) is 39.2 Å². The monoisotopic (exact) mass is 311 g/mol. The summed E-state index contributed by atoms with van der Waals surface area (Å²) in [6.07, 6.45) is 1.05. The van der Waals surface area contributed by atoms with Gasteiger partial charge in [0.1, 0.15) is 0 Å². The first-order valence-corrected chi connectivity index (χ1v) is 8.35. The quantitative estimate of drug-likeness (QED) is 0.813. The number of nitrogens with one attached hydrogen (secondary N) is 1. The minimum atomic E-state index is -1.28. The fraction of sp³-hybridized carbons (Fsp3) is 0.562. The molecule has 0 aliphatic heterocycles. The summed E-state index contributed by atoms with van der Waals surface area (Å²) in [7, 11) is -1.28. The molecule has 0 aliphatic carbocycles. The van der Waals surface area contributed by atoms with Gasteiger partial charge in [-0.25, -0.2) is 8.93 Å². The molecule has 0 aliphatic rings. The second-order valence-electron chi connectivity index (χ2n) is 6.15. The van der Waals surface area contributed by atoms with Crippen LogP contribution in [0.15, 0.2) is 30.3 Å². The van der Waals surface area contributed by atoms with Gasteiger partial charge in [0, 0.05) is 6.04 Å². The molecule has 0 fully saturated rings. The van der Waals surface area contributed by atoms with Crippen LogP contribution in [0.2, 0.25) is 0 Å². The molecule has 0 heterocycles. The maximum atomic E-state index is 12.2. The van der Waals surface area contributed by atoms with E-state index in [0.717, 1.165) is 5.56 Å². The molecule has 0 amide bonds. The van der Waals surface area contributed by atoms with Crippen molar-refractivity contribution < 1.29 is 14.1 Å². The van der Waals surface area contributed by atoms with Gasteiger partial charge >= 0.3 is 5.97 Å². The summed E-state index contributed by atoms with van der Waals surface area (Å²) in [5.74, 6) is -1.45. The van der Waals surface area contributed by atoms with E-state index in [1.54, 1.807) is 0 Å². The van der Waals surface area contributed by atoms with E-state index < -0.39 is 27.6 Å². The molecule has 1 aromatic carbocycles. The smallest absolute Gasteiger partial charge is 0.308 e. The Bertz CT molecular complexity index is 482. The van der Waals surface area contributed by atoms with Gasteiger partial charge in [-0.2, -0.15) is 0 Å². The Morgan fingerprint density at radius 3 is 2.29 bits per heavy atom. The van der Waals surface area contributed by atoms with Crippen molar-refractivity contribution in [1.82, 2.24) is 4.72 Å². The molecule has 118 valence electrons. The van der Waals surface area contributed by atoms with Crippen molar-refractivity contribution >= 4 is 17.0 Å². The predicted molar refractivity (Wildman–Crippen MR) is 86.4 cm³/mol. The van der Waals surface area contributed by atoms with Gasteiger partial charge in [0.25, 0.3) is 0 Å². The Labute approximate surface area is 129 Å². The highest BCUT2D eigenvalue weighted by atomic mass is 32.2. The minimum absolute atomic E-state index is 0.317. The lowest BCUT2D eigenvalue weighted by molar-refractivity contribution is -0.142. The molecule has 3 atom stereocenters. The van der Waals surface area contributed by atoms with Crippen molar-refractivity contribution in [2.24, 2.45) is 5.92 Å². The molecule has 1 aromatic rings. The van der Waals surface area contributed by atoms with Gasteiger partial charge in [0.15, 0.2) is 0 Å². The topological polar surface area (TPSA) is 66.4 Å². The minimum Gasteiger partial charge on any atom is -0.481 e. The van der Waals surface area contributed by atoms with E-state index in [1.165, 1.54) is 0 Å². The number of carbonyl (C=O) groups is 1. The average Bonchev–Trinajstić information content (AvgIpc) is 2.42. The van der Waals surface area contributed by atoms with Crippen molar-refractivity contribution in [2.75, 3.05) is 0 Å². The highest BCUT2D eigenvalue weighted by Gasteiger charge is 2.31. The van der Waals surface area contributed by atoms with Gasteiger partial charge in [0.2, 0.25) is 0 Å². The van der Waals surface area contributed by atoms with Crippen LogP contribution in [0.5, 0.6) is 0 Å². The van der Waals surface area contributed by atoms with Crippen LogP contribution in [-0.2, 0) is 22.2 Å². The third kappa shape index (κ3) is 5.59. The van der Waals surface area contributed by atoms with Gasteiger partial charge in [-0.15, -0.1) is 0 Å². The maximum absolute atomic E-state index is 12.2. The van der Waals surface area contributed by atoms with Crippen LogP contribution in [0.1, 0.15) is 39.7 Å². The number of rotatable bonds is 7. The zero-order valence-corrected chi connectivity index (χ0v) is 13.9. The SMILES string of the molecule is CC[C@@H](N[S@@](=O)C(C)(C)C)[C@H](Cc1ccccc1)C(=O)O. The Morgan fingerprint density at radius 2 is 1.86 bits per heavy atom. The van der Waals surface area contributed by atoms with Crippen LogP contribution in [0, 0.1) is 5.92 Å². The Balaban J connectivity index is 2.86. The van der Waals surface area contributed by atoms with Gasteiger partial charge in [-0.1, -0.05) is 37.3 Å². The molecule has 21 heavy (non-hydrogen) atoms. The van der Waals surface area contributed by atoms with Crippen LogP contribution >= 0.6 is 0 Å². The zero-order valence-electron chi connectivity index (χ0n) is 13.1. The summed E-state index contributed by atoms with van der Waals surface area (Å²) >= 11 is 0. The second-order valence-corrected chi connectivity index (χ2v) is 8.15. The third-order valence-corrected chi connectivity index (χ3v) is 4.98. The lowest BCUT2D eigenvalue weighted by atomic mass is 9.91. The number of hydrogen-bond acceptors (Lipinski definition) is 2. The first kappa shape index (κ1) is 17.9. The highest BCUT2D eigenvalue weighted by molar-refractivity contribution is 7.84. The molecule has 0 aromatic heterocycles. The molecular weight excluding hydrogens is 286 g/mol. The molecule has 0 spiro atoms. The van der Waals surface area contributed by atoms with E-state index in [-0.39, 0.29) is 6.04 Å². The molecule has 0 radical (unpaired) electrons. The number of hydrogen-bond donors (Lipinski definition) is 2. The van der Waals surface area contributed by atoms with Crippen LogP contribution < -0.4 is 4.72 Å². The Kier molecular flexibility index (Phi) is 6.55. The number of aliphatic carboxylic acids is 1. The predicted octanol–water partition coefficient (Wildman–Crippen LogP) is 2.76. The molecule has 5 heteroatoms. The van der Waals surface area contributed by atoms with E-state index in [2.05, 4.69) is 4.72 Å². The summed E-state index contributed by atoms with van der Waals surface area (Å²) in [5, 5.41) is 9.51. The molecule has 1 rings (SSSR count). The van der Waals surface area contributed by atoms with Crippen LogP contribution in [0.25, 0.3) is 0 Å². The van der Waals surface area contributed by atoms with Gasteiger partial charge in [-0.3, -0.25) is 4.79 Å². The standard InChI is InChI=1S/C16H25NO3S/c1-5-14(17-21(20)16(2,3)4)13(15(18)19)11-12-9-7-6-8-10-12/h6-10,13-14,17H,5,11H2,1-4H3,(H,18,19)/t13-,14+,21-/m0/s1. The molecule has 0 saturated carbocycles. The Hall–Kier alpha value is -1.20. The van der Waals surface area contributed by atoms with Gasteiger partial charge < -0.3 is 5.11 Å². The van der Waals surface area contributed by atoms with Crippen molar-refractivity contribution in [3.8, 4) is 0 Å². The summed E-state index contributed by atoms with van der Waals surface area (Å²) in [6, 6.07) is 9.23. The highest BCUT2D eigenvalue weighted by Crippen LogP contribution is 2.18. The summed E-state index contributed by atoms with van der Waals surface area (Å²) in [4.78, 5) is 11.6. The molecule has 2 N–H and O–H groups in total. The van der Waals surface area contributed by atoms with Crippen molar-refractivity contribution in [1.29, 1.82) is 0 Å². The van der Waals surface area contributed by atoms with E-state index >= 15 is 0 Å². The lowest BCUT2D eigenvalue weighted by Gasteiger charge is -2.27. The van der Waals surface area contributed by atoms with E-state index in [1.807, 2.05) is 58.0 Å². The first-order valence-electron chi connectivity index (χ1n) is 7.20. The second kappa shape index (κ2) is 7.71. The molecule has 0 unspecified atom stereocenters. The summed E-state index contributed by atoms with van der Waals surface area (Å²) in [6.45, 7) is 7.53. The van der Waals surface area contributed by atoms with E-state index in [0.29, 0.717) is 12.8 Å².